The first-order chi connectivity index (χ1) is 9.96. The SMILES string of the molecule is CC(C)(C)NC1C(=O)Cc2ccccc2-c2ccccc21. The Morgan fingerprint density at radius 2 is 1.57 bits per heavy atom. The molecule has 3 rings (SSSR count). The molecule has 1 atom stereocenters. The van der Waals surface area contributed by atoms with Gasteiger partial charge in [-0.05, 0) is 43.0 Å². The Hall–Kier alpha value is -1.93. The van der Waals surface area contributed by atoms with Crippen LogP contribution in [0.1, 0.15) is 37.9 Å². The summed E-state index contributed by atoms with van der Waals surface area (Å²) in [5.41, 5.74) is 4.44. The molecule has 0 fully saturated rings. The van der Waals surface area contributed by atoms with Crippen LogP contribution >= 0.6 is 0 Å². The Kier molecular flexibility index (Phi) is 3.42. The molecule has 2 heteroatoms. The van der Waals surface area contributed by atoms with Crippen molar-refractivity contribution in [2.24, 2.45) is 0 Å². The fourth-order valence-corrected chi connectivity index (χ4v) is 2.99. The Labute approximate surface area is 126 Å². The fraction of sp³-hybridized carbons (Fsp3) is 0.316. The maximum Gasteiger partial charge on any atom is 0.158 e. The number of Topliss-reactive ketones (excluding diaryl/α,β-unsaturated/α-hetero) is 1. The molecule has 0 heterocycles. The number of carbonyl (C=O) groups excluding carboxylic acids is 1. The Morgan fingerprint density at radius 3 is 2.29 bits per heavy atom. The van der Waals surface area contributed by atoms with E-state index in [2.05, 4.69) is 50.4 Å². The summed E-state index contributed by atoms with van der Waals surface area (Å²) in [5.74, 6) is 0.238. The lowest BCUT2D eigenvalue weighted by molar-refractivity contribution is -0.121. The van der Waals surface area contributed by atoms with Crippen molar-refractivity contribution in [1.82, 2.24) is 5.32 Å². The van der Waals surface area contributed by atoms with Crippen molar-refractivity contribution in [3.63, 3.8) is 0 Å². The predicted octanol–water partition coefficient (Wildman–Crippen LogP) is 3.91. The smallest absolute Gasteiger partial charge is 0.158 e. The number of hydrogen-bond acceptors (Lipinski definition) is 2. The molecule has 0 aliphatic heterocycles. The van der Waals surface area contributed by atoms with Gasteiger partial charge in [-0.3, -0.25) is 10.1 Å². The minimum absolute atomic E-state index is 0.107. The van der Waals surface area contributed by atoms with E-state index >= 15 is 0 Å². The molecule has 1 unspecified atom stereocenters. The Morgan fingerprint density at radius 1 is 0.952 bits per heavy atom. The largest absolute Gasteiger partial charge is 0.299 e. The number of fused-ring (bicyclic) bond motifs is 3. The molecule has 0 radical (unpaired) electrons. The first-order valence-electron chi connectivity index (χ1n) is 7.43. The van der Waals surface area contributed by atoms with Crippen LogP contribution in [0.3, 0.4) is 0 Å². The number of hydrogen-bond donors (Lipinski definition) is 1. The summed E-state index contributed by atoms with van der Waals surface area (Å²) in [5, 5.41) is 3.49. The fourth-order valence-electron chi connectivity index (χ4n) is 2.99. The molecule has 1 aliphatic carbocycles. The lowest BCUT2D eigenvalue weighted by Crippen LogP contribution is -2.42. The third-order valence-corrected chi connectivity index (χ3v) is 3.84. The Balaban J connectivity index is 2.18. The van der Waals surface area contributed by atoms with Crippen LogP contribution in [-0.4, -0.2) is 11.3 Å². The highest BCUT2D eigenvalue weighted by molar-refractivity contribution is 5.94. The lowest BCUT2D eigenvalue weighted by atomic mass is 9.94. The first-order valence-corrected chi connectivity index (χ1v) is 7.43. The number of rotatable bonds is 1. The summed E-state index contributed by atoms with van der Waals surface area (Å²) >= 11 is 0. The van der Waals surface area contributed by atoms with E-state index in [0.29, 0.717) is 6.42 Å². The lowest BCUT2D eigenvalue weighted by Gasteiger charge is -2.28. The molecular formula is C19H21NO. The van der Waals surface area contributed by atoms with Gasteiger partial charge in [0.15, 0.2) is 5.78 Å². The van der Waals surface area contributed by atoms with Crippen molar-refractivity contribution in [2.75, 3.05) is 0 Å². The summed E-state index contributed by atoms with van der Waals surface area (Å²) in [6.45, 7) is 6.29. The number of carbonyl (C=O) groups is 1. The molecule has 2 aromatic carbocycles. The van der Waals surface area contributed by atoms with Crippen LogP contribution in [0.5, 0.6) is 0 Å². The average Bonchev–Trinajstić information content (AvgIpc) is 2.54. The zero-order valence-corrected chi connectivity index (χ0v) is 12.8. The number of benzene rings is 2. The number of ketones is 1. The second-order valence-corrected chi connectivity index (χ2v) is 6.71. The van der Waals surface area contributed by atoms with Gasteiger partial charge in [0, 0.05) is 12.0 Å². The first kappa shape index (κ1) is 14.0. The third kappa shape index (κ3) is 2.77. The Bertz CT molecular complexity index is 682. The van der Waals surface area contributed by atoms with Gasteiger partial charge in [0.25, 0.3) is 0 Å². The van der Waals surface area contributed by atoms with Crippen molar-refractivity contribution < 1.29 is 4.79 Å². The molecule has 0 spiro atoms. The minimum Gasteiger partial charge on any atom is -0.299 e. The highest BCUT2D eigenvalue weighted by atomic mass is 16.1. The zero-order chi connectivity index (χ0) is 15.0. The molecule has 108 valence electrons. The van der Waals surface area contributed by atoms with E-state index in [0.717, 1.165) is 11.1 Å². The van der Waals surface area contributed by atoms with Crippen LogP contribution in [0.4, 0.5) is 0 Å². The van der Waals surface area contributed by atoms with Gasteiger partial charge in [-0.1, -0.05) is 48.5 Å². The second-order valence-electron chi connectivity index (χ2n) is 6.71. The normalized spacial score (nSPS) is 17.9. The van der Waals surface area contributed by atoms with E-state index in [9.17, 15) is 4.79 Å². The van der Waals surface area contributed by atoms with Gasteiger partial charge in [0.1, 0.15) is 0 Å². The van der Waals surface area contributed by atoms with Crippen molar-refractivity contribution in [2.45, 2.75) is 38.8 Å². The summed E-state index contributed by atoms with van der Waals surface area (Å²) in [7, 11) is 0. The van der Waals surface area contributed by atoms with Gasteiger partial charge in [-0.25, -0.2) is 0 Å². The summed E-state index contributed by atoms with van der Waals surface area (Å²) in [6.07, 6.45) is 0.485. The van der Waals surface area contributed by atoms with Crippen molar-refractivity contribution in [3.05, 3.63) is 59.7 Å². The van der Waals surface area contributed by atoms with E-state index in [1.807, 2.05) is 24.3 Å². The van der Waals surface area contributed by atoms with E-state index < -0.39 is 0 Å². The van der Waals surface area contributed by atoms with Crippen LogP contribution in [0.25, 0.3) is 11.1 Å². The van der Waals surface area contributed by atoms with Gasteiger partial charge in [-0.15, -0.1) is 0 Å². The molecule has 0 bridgehead atoms. The van der Waals surface area contributed by atoms with Crippen LogP contribution in [0.15, 0.2) is 48.5 Å². The molecule has 0 aromatic heterocycles. The van der Waals surface area contributed by atoms with Gasteiger partial charge >= 0.3 is 0 Å². The monoisotopic (exact) mass is 279 g/mol. The van der Waals surface area contributed by atoms with E-state index in [1.54, 1.807) is 0 Å². The predicted molar refractivity (Wildman–Crippen MR) is 86.2 cm³/mol. The van der Waals surface area contributed by atoms with Crippen LogP contribution in [-0.2, 0) is 11.2 Å². The maximum atomic E-state index is 12.8. The topological polar surface area (TPSA) is 29.1 Å². The van der Waals surface area contributed by atoms with Crippen molar-refractivity contribution in [3.8, 4) is 11.1 Å². The third-order valence-electron chi connectivity index (χ3n) is 3.84. The van der Waals surface area contributed by atoms with Gasteiger partial charge in [0.05, 0.1) is 6.04 Å². The standard InChI is InChI=1S/C19H21NO/c1-19(2,3)20-18-16-11-7-6-10-15(16)14-9-5-4-8-13(14)12-17(18)21/h4-11,18,20H,12H2,1-3H3. The van der Waals surface area contributed by atoms with Crippen molar-refractivity contribution >= 4 is 5.78 Å². The highest BCUT2D eigenvalue weighted by Crippen LogP contribution is 2.36. The summed E-state index contributed by atoms with van der Waals surface area (Å²) < 4.78 is 0. The quantitative estimate of drug-likeness (QED) is 0.857. The molecule has 1 aliphatic rings. The molecule has 2 nitrogen and oxygen atoms in total. The molecule has 0 saturated heterocycles. The van der Waals surface area contributed by atoms with E-state index in [1.165, 1.54) is 11.1 Å². The molecule has 21 heavy (non-hydrogen) atoms. The minimum atomic E-state index is -0.242. The van der Waals surface area contributed by atoms with Crippen LogP contribution in [0, 0.1) is 0 Å². The summed E-state index contributed by atoms with van der Waals surface area (Å²) in [4.78, 5) is 12.8. The molecule has 2 aromatic rings. The highest BCUT2D eigenvalue weighted by Gasteiger charge is 2.30. The zero-order valence-electron chi connectivity index (χ0n) is 12.8. The average molecular weight is 279 g/mol. The van der Waals surface area contributed by atoms with Crippen LogP contribution < -0.4 is 5.32 Å². The van der Waals surface area contributed by atoms with Gasteiger partial charge < -0.3 is 0 Å². The maximum absolute atomic E-state index is 12.8. The van der Waals surface area contributed by atoms with E-state index in [4.69, 9.17) is 0 Å². The second kappa shape index (κ2) is 5.12. The van der Waals surface area contributed by atoms with Gasteiger partial charge in [0.2, 0.25) is 0 Å². The molecular weight excluding hydrogens is 258 g/mol. The van der Waals surface area contributed by atoms with Crippen LogP contribution in [0.2, 0.25) is 0 Å². The van der Waals surface area contributed by atoms with Gasteiger partial charge in [-0.2, -0.15) is 0 Å². The molecule has 1 N–H and O–H groups in total. The molecule has 0 amide bonds. The molecule has 0 saturated carbocycles. The van der Waals surface area contributed by atoms with E-state index in [-0.39, 0.29) is 17.4 Å². The van der Waals surface area contributed by atoms with Crippen molar-refractivity contribution in [1.29, 1.82) is 0 Å². The number of nitrogens with one attached hydrogen (secondary N) is 1. The summed E-state index contributed by atoms with van der Waals surface area (Å²) in [6, 6.07) is 16.2.